The van der Waals surface area contributed by atoms with Gasteiger partial charge < -0.3 is 4.74 Å². The summed E-state index contributed by atoms with van der Waals surface area (Å²) < 4.78 is 60.8. The number of nitrogens with zero attached hydrogens (tertiary/aromatic N) is 2. The Labute approximate surface area is 160 Å². The first-order valence-electron chi connectivity index (χ1n) is 7.86. The molecule has 2 rings (SSSR count). The van der Waals surface area contributed by atoms with Crippen molar-refractivity contribution in [2.45, 2.75) is 24.7 Å². The van der Waals surface area contributed by atoms with Gasteiger partial charge in [0.25, 0.3) is 10.0 Å². The van der Waals surface area contributed by atoms with Gasteiger partial charge in [-0.05, 0) is 65.5 Å². The van der Waals surface area contributed by atoms with Gasteiger partial charge in [0.05, 0.1) is 0 Å². The van der Waals surface area contributed by atoms with Crippen LogP contribution in [0.5, 0.6) is 0 Å². The molecule has 1 heterocycles. The average Bonchev–Trinajstić information content (AvgIpc) is 2.59. The fraction of sp³-hybridized carbons (Fsp3) is 0.353. The quantitative estimate of drug-likeness (QED) is 0.571. The topological polar surface area (TPSA) is 59.5 Å². The van der Waals surface area contributed by atoms with Crippen LogP contribution in [0, 0.1) is 18.6 Å². The van der Waals surface area contributed by atoms with E-state index in [2.05, 4.69) is 20.9 Å². The Bertz CT molecular complexity index is 861. The number of rotatable bonds is 8. The summed E-state index contributed by atoms with van der Waals surface area (Å²) in [6.45, 7) is 1.90. The first kappa shape index (κ1) is 20.7. The van der Waals surface area contributed by atoms with Crippen molar-refractivity contribution < 1.29 is 21.9 Å². The van der Waals surface area contributed by atoms with E-state index in [0.717, 1.165) is 10.4 Å². The Kier molecular flexibility index (Phi) is 7.08. The van der Waals surface area contributed by atoms with Gasteiger partial charge in [0.15, 0.2) is 0 Å². The van der Waals surface area contributed by atoms with Gasteiger partial charge >= 0.3 is 0 Å². The second-order valence-electron chi connectivity index (χ2n) is 5.64. The third kappa shape index (κ3) is 4.77. The highest BCUT2D eigenvalue weighted by Gasteiger charge is 2.29. The monoisotopic (exact) mass is 448 g/mol. The highest BCUT2D eigenvalue weighted by atomic mass is 79.9. The van der Waals surface area contributed by atoms with Crippen LogP contribution in [0.2, 0.25) is 0 Å². The summed E-state index contributed by atoms with van der Waals surface area (Å²) in [4.78, 5) is 3.38. The summed E-state index contributed by atoms with van der Waals surface area (Å²) in [6, 6.07) is 4.72. The van der Waals surface area contributed by atoms with Crippen molar-refractivity contribution in [2.24, 2.45) is 0 Å². The number of halogens is 3. The Morgan fingerprint density at radius 3 is 2.54 bits per heavy atom. The summed E-state index contributed by atoms with van der Waals surface area (Å²) in [6.07, 6.45) is 2.53. The second-order valence-corrected chi connectivity index (χ2v) is 8.39. The standard InChI is InChI=1S/C17H19BrF2N2O3S/c1-12-9-15(20)16(10-14(12)19)26(23,24)22(7-3-4-8-25-2)17-6-5-13(18)11-21-17/h5-6,9-11H,3-4,7-8H2,1-2H3. The number of methoxy groups -OCH3 is 1. The van der Waals surface area contributed by atoms with Crippen LogP contribution in [-0.2, 0) is 14.8 Å². The van der Waals surface area contributed by atoms with Crippen LogP contribution in [0.25, 0.3) is 0 Å². The van der Waals surface area contributed by atoms with Gasteiger partial charge in [-0.1, -0.05) is 0 Å². The van der Waals surface area contributed by atoms with Crippen molar-refractivity contribution in [3.63, 3.8) is 0 Å². The lowest BCUT2D eigenvalue weighted by Gasteiger charge is -2.24. The minimum Gasteiger partial charge on any atom is -0.385 e. The zero-order chi connectivity index (χ0) is 19.3. The van der Waals surface area contributed by atoms with Crippen LogP contribution in [0.3, 0.4) is 0 Å². The molecule has 9 heteroatoms. The molecule has 0 aliphatic carbocycles. The SMILES string of the molecule is COCCCCN(c1ccc(Br)cn1)S(=O)(=O)c1cc(F)c(C)cc1F. The fourth-order valence-corrected chi connectivity index (χ4v) is 4.07. The molecule has 0 N–H and O–H groups in total. The number of hydrogen-bond acceptors (Lipinski definition) is 4. The van der Waals surface area contributed by atoms with E-state index in [1.165, 1.54) is 19.2 Å². The maximum atomic E-state index is 14.3. The molecule has 1 aromatic carbocycles. The molecule has 0 saturated heterocycles. The van der Waals surface area contributed by atoms with Gasteiger partial charge in [-0.2, -0.15) is 0 Å². The smallest absolute Gasteiger partial charge is 0.268 e. The summed E-state index contributed by atoms with van der Waals surface area (Å²) in [7, 11) is -2.77. The first-order valence-corrected chi connectivity index (χ1v) is 10.1. The minimum absolute atomic E-state index is 0.0369. The Morgan fingerprint density at radius 1 is 1.19 bits per heavy atom. The molecular formula is C17H19BrF2N2O3S. The number of sulfonamides is 1. The predicted octanol–water partition coefficient (Wildman–Crippen LogP) is 4.05. The van der Waals surface area contributed by atoms with E-state index in [0.29, 0.717) is 30.0 Å². The number of pyridine rings is 1. The molecule has 26 heavy (non-hydrogen) atoms. The third-order valence-electron chi connectivity index (χ3n) is 3.71. The predicted molar refractivity (Wildman–Crippen MR) is 98.7 cm³/mol. The summed E-state index contributed by atoms with van der Waals surface area (Å²) in [5, 5.41) is 0. The number of anilines is 1. The van der Waals surface area contributed by atoms with Crippen molar-refractivity contribution >= 4 is 31.8 Å². The Morgan fingerprint density at radius 2 is 1.92 bits per heavy atom. The molecule has 5 nitrogen and oxygen atoms in total. The minimum atomic E-state index is -4.32. The van der Waals surface area contributed by atoms with E-state index in [4.69, 9.17) is 4.74 Å². The van der Waals surface area contributed by atoms with Gasteiger partial charge in [0.2, 0.25) is 0 Å². The average molecular weight is 449 g/mol. The number of unbranched alkanes of at least 4 members (excludes halogenated alkanes) is 1. The van der Waals surface area contributed by atoms with Gasteiger partial charge in [0, 0.05) is 30.9 Å². The van der Waals surface area contributed by atoms with Crippen molar-refractivity contribution in [2.75, 3.05) is 24.6 Å². The highest BCUT2D eigenvalue weighted by Crippen LogP contribution is 2.27. The van der Waals surface area contributed by atoms with Crippen molar-refractivity contribution in [3.8, 4) is 0 Å². The van der Waals surface area contributed by atoms with Crippen LogP contribution in [0.15, 0.2) is 39.8 Å². The zero-order valence-electron chi connectivity index (χ0n) is 14.4. The molecule has 0 aliphatic rings. The van der Waals surface area contributed by atoms with E-state index >= 15 is 0 Å². The number of ether oxygens (including phenoxy) is 1. The van der Waals surface area contributed by atoms with Crippen molar-refractivity contribution in [1.29, 1.82) is 0 Å². The van der Waals surface area contributed by atoms with Crippen LogP contribution in [0.1, 0.15) is 18.4 Å². The summed E-state index contributed by atoms with van der Waals surface area (Å²) >= 11 is 3.24. The first-order chi connectivity index (χ1) is 12.3. The van der Waals surface area contributed by atoms with Crippen LogP contribution < -0.4 is 4.31 Å². The molecule has 0 bridgehead atoms. The van der Waals surface area contributed by atoms with E-state index in [9.17, 15) is 17.2 Å². The lowest BCUT2D eigenvalue weighted by Crippen LogP contribution is -2.33. The number of hydrogen-bond donors (Lipinski definition) is 0. The van der Waals surface area contributed by atoms with E-state index < -0.39 is 26.6 Å². The van der Waals surface area contributed by atoms with Crippen molar-refractivity contribution in [3.05, 3.63) is 52.1 Å². The molecule has 142 valence electrons. The van der Waals surface area contributed by atoms with E-state index in [1.807, 2.05) is 0 Å². The Balaban J connectivity index is 2.45. The van der Waals surface area contributed by atoms with Gasteiger partial charge in [0.1, 0.15) is 22.3 Å². The molecule has 0 atom stereocenters. The second kappa shape index (κ2) is 8.88. The fourth-order valence-electron chi connectivity index (χ4n) is 2.32. The zero-order valence-corrected chi connectivity index (χ0v) is 16.8. The molecule has 0 spiro atoms. The maximum Gasteiger partial charge on any atom is 0.268 e. The number of benzene rings is 1. The molecule has 2 aromatic rings. The van der Waals surface area contributed by atoms with Crippen LogP contribution in [-0.4, -0.2) is 33.7 Å². The van der Waals surface area contributed by atoms with Gasteiger partial charge in [-0.25, -0.2) is 26.5 Å². The molecular weight excluding hydrogens is 430 g/mol. The molecule has 0 aliphatic heterocycles. The molecule has 0 saturated carbocycles. The largest absolute Gasteiger partial charge is 0.385 e. The van der Waals surface area contributed by atoms with Gasteiger partial charge in [-0.3, -0.25) is 0 Å². The lowest BCUT2D eigenvalue weighted by molar-refractivity contribution is 0.193. The maximum absolute atomic E-state index is 14.3. The Hall–Kier alpha value is -1.58. The number of aryl methyl sites for hydroxylation is 1. The van der Waals surface area contributed by atoms with Gasteiger partial charge in [-0.15, -0.1) is 0 Å². The highest BCUT2D eigenvalue weighted by molar-refractivity contribution is 9.10. The third-order valence-corrected chi connectivity index (χ3v) is 6.00. The van der Waals surface area contributed by atoms with Crippen molar-refractivity contribution in [1.82, 2.24) is 4.98 Å². The van der Waals surface area contributed by atoms with Crippen LogP contribution >= 0.6 is 15.9 Å². The molecule has 0 unspecified atom stereocenters. The van der Waals surface area contributed by atoms with E-state index in [1.54, 1.807) is 13.2 Å². The molecule has 0 fully saturated rings. The van der Waals surface area contributed by atoms with Crippen LogP contribution in [0.4, 0.5) is 14.6 Å². The molecule has 0 amide bonds. The lowest BCUT2D eigenvalue weighted by atomic mass is 10.2. The molecule has 1 aromatic heterocycles. The molecule has 0 radical (unpaired) electrons. The number of aromatic nitrogens is 1. The summed E-state index contributed by atoms with van der Waals surface area (Å²) in [5.74, 6) is -1.65. The summed E-state index contributed by atoms with van der Waals surface area (Å²) in [5.41, 5.74) is 0.0369. The normalized spacial score (nSPS) is 11.6. The van der Waals surface area contributed by atoms with E-state index in [-0.39, 0.29) is 17.9 Å².